The number of hydrogen-bond donors (Lipinski definition) is 0. The van der Waals surface area contributed by atoms with E-state index in [1.807, 2.05) is 28.8 Å². The van der Waals surface area contributed by atoms with Crippen LogP contribution in [0.1, 0.15) is 39.0 Å². The average molecular weight is 412 g/mol. The number of unbranched alkanes of at least 4 members (excludes halogenated alkanes) is 3. The molecule has 0 saturated carbocycles. The molecule has 0 bridgehead atoms. The van der Waals surface area contributed by atoms with Crippen molar-refractivity contribution in [2.75, 3.05) is 18.6 Å². The molecule has 0 aliphatic carbocycles. The normalized spacial score (nSPS) is 13.6. The van der Waals surface area contributed by atoms with Crippen molar-refractivity contribution < 1.29 is 4.74 Å². The molecule has 0 unspecified atom stereocenters. The second kappa shape index (κ2) is 8.38. The van der Waals surface area contributed by atoms with Gasteiger partial charge >= 0.3 is 5.69 Å². The zero-order chi connectivity index (χ0) is 21.3. The molecule has 1 aliphatic heterocycles. The Morgan fingerprint density at radius 1 is 1.07 bits per heavy atom. The van der Waals surface area contributed by atoms with Gasteiger partial charge in [-0.3, -0.25) is 13.9 Å². The zero-order valence-electron chi connectivity index (χ0n) is 17.9. The second-order valence-corrected chi connectivity index (χ2v) is 7.80. The van der Waals surface area contributed by atoms with Crippen LogP contribution in [0.3, 0.4) is 0 Å². The molecule has 0 spiro atoms. The first-order chi connectivity index (χ1) is 14.6. The Kier molecular flexibility index (Phi) is 5.65. The van der Waals surface area contributed by atoms with E-state index >= 15 is 0 Å². The fourth-order valence-corrected chi connectivity index (χ4v) is 4.17. The highest BCUT2D eigenvalue weighted by molar-refractivity contribution is 5.77. The van der Waals surface area contributed by atoms with Crippen LogP contribution in [0, 0.1) is 0 Å². The lowest BCUT2D eigenvalue weighted by atomic mass is 10.2. The maximum Gasteiger partial charge on any atom is 0.332 e. The van der Waals surface area contributed by atoms with Crippen LogP contribution in [0.25, 0.3) is 11.2 Å². The molecule has 8 heteroatoms. The van der Waals surface area contributed by atoms with E-state index in [-0.39, 0.29) is 11.2 Å². The molecular formula is C22H29N5O3. The molecular weight excluding hydrogens is 382 g/mol. The van der Waals surface area contributed by atoms with E-state index in [1.165, 1.54) is 9.13 Å². The lowest BCUT2D eigenvalue weighted by Gasteiger charge is -2.29. The molecule has 2 aromatic heterocycles. The molecule has 1 aromatic carbocycles. The van der Waals surface area contributed by atoms with Gasteiger partial charge in [0.1, 0.15) is 5.75 Å². The zero-order valence-corrected chi connectivity index (χ0v) is 17.9. The van der Waals surface area contributed by atoms with Crippen molar-refractivity contribution >= 4 is 22.8 Å². The highest BCUT2D eigenvalue weighted by Gasteiger charge is 2.26. The van der Waals surface area contributed by atoms with Gasteiger partial charge in [0.25, 0.3) is 5.56 Å². The summed E-state index contributed by atoms with van der Waals surface area (Å²) >= 11 is 0. The number of methoxy groups -OCH3 is 1. The van der Waals surface area contributed by atoms with Crippen LogP contribution >= 0.6 is 0 Å². The summed E-state index contributed by atoms with van der Waals surface area (Å²) in [5, 5.41) is 0. The Bertz CT molecular complexity index is 1160. The van der Waals surface area contributed by atoms with E-state index in [1.54, 1.807) is 14.2 Å². The van der Waals surface area contributed by atoms with Crippen LogP contribution < -0.4 is 20.9 Å². The van der Waals surface area contributed by atoms with E-state index in [2.05, 4.69) is 11.8 Å². The molecule has 4 rings (SSSR count). The van der Waals surface area contributed by atoms with Gasteiger partial charge in [-0.05, 0) is 37.1 Å². The second-order valence-electron chi connectivity index (χ2n) is 7.80. The molecule has 0 radical (unpaired) electrons. The van der Waals surface area contributed by atoms with Gasteiger partial charge in [0.15, 0.2) is 11.2 Å². The van der Waals surface area contributed by atoms with E-state index in [9.17, 15) is 9.59 Å². The summed E-state index contributed by atoms with van der Waals surface area (Å²) in [6.45, 7) is 4.10. The molecule has 3 aromatic rings. The quantitative estimate of drug-likeness (QED) is 0.559. The number of aryl methyl sites for hydroxylation is 2. The number of benzene rings is 1. The number of anilines is 2. The first-order valence-electron chi connectivity index (χ1n) is 10.7. The summed E-state index contributed by atoms with van der Waals surface area (Å²) in [7, 11) is 3.34. The van der Waals surface area contributed by atoms with Gasteiger partial charge in [0.2, 0.25) is 5.95 Å². The molecule has 3 heterocycles. The molecule has 30 heavy (non-hydrogen) atoms. The minimum atomic E-state index is -0.296. The molecule has 160 valence electrons. The van der Waals surface area contributed by atoms with Gasteiger partial charge in [-0.15, -0.1) is 0 Å². The topological polar surface area (TPSA) is 74.3 Å². The van der Waals surface area contributed by atoms with Crippen molar-refractivity contribution in [3.8, 4) is 5.75 Å². The molecule has 8 nitrogen and oxygen atoms in total. The van der Waals surface area contributed by atoms with Crippen LogP contribution in [0.2, 0.25) is 0 Å². The average Bonchev–Trinajstić information content (AvgIpc) is 3.17. The fourth-order valence-electron chi connectivity index (χ4n) is 4.17. The first-order valence-corrected chi connectivity index (χ1v) is 10.7. The summed E-state index contributed by atoms with van der Waals surface area (Å²) in [5.74, 6) is 1.50. The van der Waals surface area contributed by atoms with E-state index < -0.39 is 0 Å². The van der Waals surface area contributed by atoms with E-state index in [0.717, 1.165) is 50.1 Å². The monoisotopic (exact) mass is 411 g/mol. The number of rotatable bonds is 7. The third-order valence-electron chi connectivity index (χ3n) is 5.84. The standard InChI is InChI=1S/C22H29N5O3/c1-4-5-6-7-13-27-20(28)18-19(24(2)22(27)29)23-21-25(14-8-15-26(18)21)16-9-11-17(30-3)12-10-16/h9-12H,4-8,13-15H2,1-3H3. The Morgan fingerprint density at radius 2 is 1.83 bits per heavy atom. The smallest absolute Gasteiger partial charge is 0.332 e. The van der Waals surface area contributed by atoms with E-state index in [0.29, 0.717) is 30.2 Å². The van der Waals surface area contributed by atoms with Crippen molar-refractivity contribution in [2.24, 2.45) is 7.05 Å². The third kappa shape index (κ3) is 3.40. The van der Waals surface area contributed by atoms with Gasteiger partial charge in [-0.25, -0.2) is 4.79 Å². The highest BCUT2D eigenvalue weighted by Crippen LogP contribution is 2.31. The molecule has 0 amide bonds. The van der Waals surface area contributed by atoms with Gasteiger partial charge in [0, 0.05) is 32.4 Å². The predicted molar refractivity (Wildman–Crippen MR) is 118 cm³/mol. The Labute approximate surface area is 175 Å². The molecule has 0 fully saturated rings. The predicted octanol–water partition coefficient (Wildman–Crippen LogP) is 3.03. The van der Waals surface area contributed by atoms with Crippen molar-refractivity contribution in [2.45, 2.75) is 52.1 Å². The van der Waals surface area contributed by atoms with Gasteiger partial charge in [-0.1, -0.05) is 26.2 Å². The summed E-state index contributed by atoms with van der Waals surface area (Å²) < 4.78 is 10.1. The molecule has 0 atom stereocenters. The summed E-state index contributed by atoms with van der Waals surface area (Å²) in [5.41, 5.74) is 1.42. The molecule has 0 saturated heterocycles. The highest BCUT2D eigenvalue weighted by atomic mass is 16.5. The third-order valence-corrected chi connectivity index (χ3v) is 5.84. The summed E-state index contributed by atoms with van der Waals surface area (Å²) in [4.78, 5) is 33.0. The van der Waals surface area contributed by atoms with E-state index in [4.69, 9.17) is 9.72 Å². The van der Waals surface area contributed by atoms with Crippen molar-refractivity contribution in [1.29, 1.82) is 0 Å². The maximum atomic E-state index is 13.3. The first kappa shape index (κ1) is 20.3. The minimum Gasteiger partial charge on any atom is -0.497 e. The van der Waals surface area contributed by atoms with Crippen LogP contribution in [-0.4, -0.2) is 32.3 Å². The Balaban J connectivity index is 1.80. The molecule has 1 aliphatic rings. The van der Waals surface area contributed by atoms with Gasteiger partial charge in [0.05, 0.1) is 7.11 Å². The van der Waals surface area contributed by atoms with Crippen molar-refractivity contribution in [3.63, 3.8) is 0 Å². The lowest BCUT2D eigenvalue weighted by molar-refractivity contribution is 0.415. The maximum absolute atomic E-state index is 13.3. The number of nitrogens with zero attached hydrogens (tertiary/aromatic N) is 5. The number of aromatic nitrogens is 4. The molecule has 0 N–H and O–H groups in total. The fraction of sp³-hybridized carbons (Fsp3) is 0.500. The Hall–Kier alpha value is -3.03. The van der Waals surface area contributed by atoms with Crippen LogP contribution in [0.4, 0.5) is 11.6 Å². The van der Waals surface area contributed by atoms with Crippen molar-refractivity contribution in [3.05, 3.63) is 45.1 Å². The summed E-state index contributed by atoms with van der Waals surface area (Å²) in [6, 6.07) is 7.80. The largest absolute Gasteiger partial charge is 0.497 e. The van der Waals surface area contributed by atoms with Gasteiger partial charge < -0.3 is 14.2 Å². The van der Waals surface area contributed by atoms with Crippen LogP contribution in [-0.2, 0) is 20.1 Å². The lowest BCUT2D eigenvalue weighted by Crippen LogP contribution is -2.40. The number of ether oxygens (including phenoxy) is 1. The number of hydrogen-bond acceptors (Lipinski definition) is 5. The SMILES string of the molecule is CCCCCCn1c(=O)c2c(nc3n2CCCN3c2ccc(OC)cc2)n(C)c1=O. The number of fused-ring (bicyclic) bond motifs is 3. The number of imidazole rings is 1. The van der Waals surface area contributed by atoms with Crippen LogP contribution in [0.5, 0.6) is 5.75 Å². The van der Waals surface area contributed by atoms with Crippen molar-refractivity contribution in [1.82, 2.24) is 18.7 Å². The minimum absolute atomic E-state index is 0.236. The summed E-state index contributed by atoms with van der Waals surface area (Å²) in [6.07, 6.45) is 4.95. The van der Waals surface area contributed by atoms with Gasteiger partial charge in [-0.2, -0.15) is 4.98 Å². The Morgan fingerprint density at radius 3 is 2.53 bits per heavy atom. The van der Waals surface area contributed by atoms with Crippen LogP contribution in [0.15, 0.2) is 33.9 Å².